The van der Waals surface area contributed by atoms with Crippen LogP contribution in [-0.4, -0.2) is 88.0 Å². The van der Waals surface area contributed by atoms with Crippen LogP contribution in [0.4, 0.5) is 0 Å². The third-order valence-electron chi connectivity index (χ3n) is 6.45. The fourth-order valence-corrected chi connectivity index (χ4v) is 5.05. The van der Waals surface area contributed by atoms with Gasteiger partial charge in [-0.05, 0) is 50.2 Å². The molecule has 0 aromatic carbocycles. The Hall–Kier alpha value is -0.200. The summed E-state index contributed by atoms with van der Waals surface area (Å²) in [6, 6.07) is 0.747. The minimum atomic E-state index is 0.598. The lowest BCUT2D eigenvalue weighted by atomic mass is 9.86. The van der Waals surface area contributed by atoms with Gasteiger partial charge < -0.3 is 15.4 Å². The van der Waals surface area contributed by atoms with Gasteiger partial charge >= 0.3 is 0 Å². The largest absolute Gasteiger partial charge is 0.379 e. The van der Waals surface area contributed by atoms with E-state index in [1.165, 1.54) is 65.1 Å². The molecule has 0 aromatic heterocycles. The lowest BCUT2D eigenvalue weighted by Gasteiger charge is -2.42. The minimum absolute atomic E-state index is 0.598. The number of nitrogens with one attached hydrogen (secondary N) is 2. The van der Waals surface area contributed by atoms with Crippen molar-refractivity contribution in [3.05, 3.63) is 0 Å². The number of hydrogen-bond donors (Lipinski definition) is 2. The predicted octanol–water partition coefficient (Wildman–Crippen LogP) is -0.0179. The van der Waals surface area contributed by atoms with Gasteiger partial charge in [0, 0.05) is 45.3 Å². The van der Waals surface area contributed by atoms with E-state index in [0.717, 1.165) is 38.3 Å². The Balaban J connectivity index is 1.38. The Kier molecular flexibility index (Phi) is 4.69. The van der Waals surface area contributed by atoms with E-state index in [9.17, 15) is 0 Å². The van der Waals surface area contributed by atoms with Crippen molar-refractivity contribution < 1.29 is 4.74 Å². The number of piperidine rings is 1. The summed E-state index contributed by atoms with van der Waals surface area (Å²) in [5, 5.41) is 7.25. The summed E-state index contributed by atoms with van der Waals surface area (Å²) in [4.78, 5) is 5.46. The molecule has 1 spiro atoms. The van der Waals surface area contributed by atoms with Crippen LogP contribution < -0.4 is 10.6 Å². The fourth-order valence-electron chi connectivity index (χ4n) is 5.05. The van der Waals surface area contributed by atoms with Gasteiger partial charge in [0.2, 0.25) is 0 Å². The number of hydrogen-bond acceptors (Lipinski definition) is 5. The highest BCUT2D eigenvalue weighted by Crippen LogP contribution is 2.38. The summed E-state index contributed by atoms with van der Waals surface area (Å²) < 4.78 is 5.51. The molecule has 4 fully saturated rings. The number of rotatable bonds is 3. The average molecular weight is 308 g/mol. The van der Waals surface area contributed by atoms with Crippen molar-refractivity contribution in [3.63, 3.8) is 0 Å². The first-order valence-electron chi connectivity index (χ1n) is 9.30. The maximum absolute atomic E-state index is 5.51. The highest BCUT2D eigenvalue weighted by molar-refractivity contribution is 4.99. The van der Waals surface area contributed by atoms with Crippen molar-refractivity contribution in [1.29, 1.82) is 0 Å². The molecular formula is C17H32N4O. The first-order valence-corrected chi connectivity index (χ1v) is 9.30. The third-order valence-corrected chi connectivity index (χ3v) is 6.45. The Labute approximate surface area is 134 Å². The molecule has 4 heterocycles. The molecule has 0 aromatic rings. The Morgan fingerprint density at radius 3 is 2.77 bits per heavy atom. The molecular weight excluding hydrogens is 276 g/mol. The molecule has 0 bridgehead atoms. The number of nitrogens with zero attached hydrogens (tertiary/aromatic N) is 2. The second kappa shape index (κ2) is 6.73. The Morgan fingerprint density at radius 1 is 1.05 bits per heavy atom. The van der Waals surface area contributed by atoms with Crippen molar-refractivity contribution in [2.45, 2.75) is 25.3 Å². The van der Waals surface area contributed by atoms with E-state index in [4.69, 9.17) is 4.74 Å². The van der Waals surface area contributed by atoms with Gasteiger partial charge in [0.05, 0.1) is 13.2 Å². The van der Waals surface area contributed by atoms with Crippen LogP contribution in [-0.2, 0) is 4.74 Å². The lowest BCUT2D eigenvalue weighted by Crippen LogP contribution is -2.54. The molecule has 126 valence electrons. The smallest absolute Gasteiger partial charge is 0.0594 e. The van der Waals surface area contributed by atoms with E-state index < -0.39 is 0 Å². The van der Waals surface area contributed by atoms with E-state index >= 15 is 0 Å². The van der Waals surface area contributed by atoms with Crippen molar-refractivity contribution in [2.24, 2.45) is 11.3 Å². The van der Waals surface area contributed by atoms with Crippen LogP contribution in [0.1, 0.15) is 19.3 Å². The van der Waals surface area contributed by atoms with Crippen LogP contribution in [0.2, 0.25) is 0 Å². The second-order valence-electron chi connectivity index (χ2n) is 7.88. The van der Waals surface area contributed by atoms with Gasteiger partial charge in [-0.2, -0.15) is 0 Å². The molecule has 0 radical (unpaired) electrons. The lowest BCUT2D eigenvalue weighted by molar-refractivity contribution is 0.0161. The van der Waals surface area contributed by atoms with E-state index in [-0.39, 0.29) is 0 Å². The molecule has 5 heteroatoms. The fraction of sp³-hybridized carbons (Fsp3) is 1.00. The first kappa shape index (κ1) is 15.3. The normalized spacial score (nSPS) is 41.5. The van der Waals surface area contributed by atoms with E-state index in [1.807, 2.05) is 0 Å². The van der Waals surface area contributed by atoms with Gasteiger partial charge in [-0.1, -0.05) is 0 Å². The number of ether oxygens (including phenoxy) is 1. The zero-order valence-corrected chi connectivity index (χ0v) is 13.9. The molecule has 5 nitrogen and oxygen atoms in total. The molecule has 3 unspecified atom stereocenters. The van der Waals surface area contributed by atoms with Crippen LogP contribution in [0.25, 0.3) is 0 Å². The monoisotopic (exact) mass is 308 g/mol. The molecule has 0 saturated carbocycles. The van der Waals surface area contributed by atoms with Gasteiger partial charge in [-0.15, -0.1) is 0 Å². The second-order valence-corrected chi connectivity index (χ2v) is 7.88. The van der Waals surface area contributed by atoms with Crippen LogP contribution >= 0.6 is 0 Å². The topological polar surface area (TPSA) is 39.8 Å². The summed E-state index contributed by atoms with van der Waals surface area (Å²) in [5.74, 6) is 0.837. The van der Waals surface area contributed by atoms with Crippen molar-refractivity contribution in [3.8, 4) is 0 Å². The van der Waals surface area contributed by atoms with Crippen LogP contribution in [0.5, 0.6) is 0 Å². The predicted molar refractivity (Wildman–Crippen MR) is 88.1 cm³/mol. The summed E-state index contributed by atoms with van der Waals surface area (Å²) in [5.41, 5.74) is 0.598. The van der Waals surface area contributed by atoms with Crippen LogP contribution in [0.15, 0.2) is 0 Å². The maximum Gasteiger partial charge on any atom is 0.0594 e. The molecule has 0 aliphatic carbocycles. The standard InChI is InChI=1S/C17H32N4O/c1-4-18-11-16(15(1)12-20-7-9-22-10-8-20)21-6-3-17(14-21)2-5-19-13-17/h15-16,18-19H,1-14H2. The zero-order valence-electron chi connectivity index (χ0n) is 13.9. The van der Waals surface area contributed by atoms with Gasteiger partial charge in [0.1, 0.15) is 0 Å². The van der Waals surface area contributed by atoms with E-state index in [0.29, 0.717) is 5.41 Å². The Bertz CT molecular complexity index is 366. The van der Waals surface area contributed by atoms with E-state index in [2.05, 4.69) is 20.4 Å². The summed E-state index contributed by atoms with van der Waals surface area (Å²) in [6.07, 6.45) is 4.13. The Morgan fingerprint density at radius 2 is 1.95 bits per heavy atom. The molecule has 0 amide bonds. The highest BCUT2D eigenvalue weighted by Gasteiger charge is 2.44. The molecule has 3 atom stereocenters. The molecule has 2 N–H and O–H groups in total. The van der Waals surface area contributed by atoms with Crippen LogP contribution in [0.3, 0.4) is 0 Å². The van der Waals surface area contributed by atoms with Crippen molar-refractivity contribution in [2.75, 3.05) is 72.1 Å². The van der Waals surface area contributed by atoms with Gasteiger partial charge in [-0.3, -0.25) is 9.80 Å². The molecule has 4 aliphatic heterocycles. The SMILES string of the molecule is C1CC(CN2CCOCC2)C(N2CCC3(CCNC3)C2)CN1. The first-order chi connectivity index (χ1) is 10.8. The van der Waals surface area contributed by atoms with E-state index in [1.54, 1.807) is 0 Å². The summed E-state index contributed by atoms with van der Waals surface area (Å²) in [7, 11) is 0. The quantitative estimate of drug-likeness (QED) is 0.767. The zero-order chi connectivity index (χ0) is 14.8. The van der Waals surface area contributed by atoms with Gasteiger partial charge in [-0.25, -0.2) is 0 Å². The summed E-state index contributed by atoms with van der Waals surface area (Å²) >= 11 is 0. The van der Waals surface area contributed by atoms with Crippen molar-refractivity contribution in [1.82, 2.24) is 20.4 Å². The third kappa shape index (κ3) is 3.20. The van der Waals surface area contributed by atoms with Crippen LogP contribution in [0, 0.1) is 11.3 Å². The highest BCUT2D eigenvalue weighted by atomic mass is 16.5. The summed E-state index contributed by atoms with van der Waals surface area (Å²) in [6.45, 7) is 12.9. The van der Waals surface area contributed by atoms with Gasteiger partial charge in [0.25, 0.3) is 0 Å². The molecule has 4 aliphatic rings. The number of likely N-dealkylation sites (tertiary alicyclic amines) is 1. The molecule has 4 rings (SSSR count). The average Bonchev–Trinajstić information content (AvgIpc) is 3.19. The molecule has 4 saturated heterocycles. The van der Waals surface area contributed by atoms with Gasteiger partial charge in [0.15, 0.2) is 0 Å². The minimum Gasteiger partial charge on any atom is -0.379 e. The number of morpholine rings is 1. The maximum atomic E-state index is 5.51. The molecule has 22 heavy (non-hydrogen) atoms. The van der Waals surface area contributed by atoms with Crippen molar-refractivity contribution >= 4 is 0 Å².